The van der Waals surface area contributed by atoms with E-state index in [1.54, 1.807) is 17.0 Å². The second-order valence-electron chi connectivity index (χ2n) is 3.39. The molecule has 1 heterocycles. The summed E-state index contributed by atoms with van der Waals surface area (Å²) < 4.78 is 1.75. The second kappa shape index (κ2) is 8.09. The molecule has 0 aliphatic carbocycles. The van der Waals surface area contributed by atoms with Crippen molar-refractivity contribution in [3.63, 3.8) is 0 Å². The van der Waals surface area contributed by atoms with Gasteiger partial charge in [0.1, 0.15) is 6.33 Å². The van der Waals surface area contributed by atoms with Crippen LogP contribution in [0.25, 0.3) is 0 Å². The van der Waals surface area contributed by atoms with Crippen LogP contribution in [0, 0.1) is 0 Å². The Morgan fingerprint density at radius 2 is 2.21 bits per heavy atom. The molecule has 1 rings (SSSR count). The zero-order chi connectivity index (χ0) is 14.1. The van der Waals surface area contributed by atoms with Gasteiger partial charge in [0.05, 0.1) is 5.75 Å². The molecule has 0 spiro atoms. The van der Waals surface area contributed by atoms with Crippen LogP contribution in [0.4, 0.5) is 4.79 Å². The molecule has 0 saturated heterocycles. The van der Waals surface area contributed by atoms with Crippen molar-refractivity contribution < 1.29 is 9.59 Å². The number of nitrogens with one attached hydrogen (secondary N) is 2. The summed E-state index contributed by atoms with van der Waals surface area (Å²) in [5.41, 5.74) is 0. The third kappa shape index (κ3) is 5.38. The molecule has 0 aliphatic rings. The van der Waals surface area contributed by atoms with Gasteiger partial charge in [-0.3, -0.25) is 10.1 Å². The summed E-state index contributed by atoms with van der Waals surface area (Å²) in [7, 11) is 0. The fraction of sp³-hybridized carbons (Fsp3) is 0.273. The highest BCUT2D eigenvalue weighted by atomic mass is 32.2. The van der Waals surface area contributed by atoms with Crippen LogP contribution in [0.1, 0.15) is 0 Å². The van der Waals surface area contributed by atoms with E-state index in [0.717, 1.165) is 0 Å². The minimum absolute atomic E-state index is 0.0807. The number of aromatic nitrogens is 3. The lowest BCUT2D eigenvalue weighted by atomic mass is 10.6. The molecule has 0 atom stereocenters. The van der Waals surface area contributed by atoms with E-state index in [1.807, 2.05) is 0 Å². The summed E-state index contributed by atoms with van der Waals surface area (Å²) in [6.45, 7) is 7.94. The summed E-state index contributed by atoms with van der Waals surface area (Å²) in [5.74, 6) is -0.322. The van der Waals surface area contributed by atoms with Crippen LogP contribution in [0.15, 0.2) is 36.8 Å². The van der Waals surface area contributed by atoms with Crippen molar-refractivity contribution in [1.29, 1.82) is 0 Å². The molecular weight excluding hydrogens is 266 g/mol. The number of hydrogen-bond donors (Lipinski definition) is 2. The van der Waals surface area contributed by atoms with Gasteiger partial charge in [-0.05, 0) is 0 Å². The van der Waals surface area contributed by atoms with Gasteiger partial charge in [-0.25, -0.2) is 4.79 Å². The Kier molecular flexibility index (Phi) is 6.37. The average molecular weight is 281 g/mol. The molecule has 19 heavy (non-hydrogen) atoms. The fourth-order valence-corrected chi connectivity index (χ4v) is 1.85. The number of amides is 3. The minimum Gasteiger partial charge on any atom is -0.334 e. The number of urea groups is 1. The molecule has 0 fully saturated rings. The van der Waals surface area contributed by atoms with Gasteiger partial charge in [0.25, 0.3) is 0 Å². The van der Waals surface area contributed by atoms with Gasteiger partial charge >= 0.3 is 6.03 Å². The molecular formula is C11H15N5O2S. The molecule has 7 nitrogen and oxygen atoms in total. The molecule has 0 aliphatic heterocycles. The first kappa shape index (κ1) is 15.0. The number of imide groups is 1. The lowest BCUT2D eigenvalue weighted by Gasteiger charge is -2.05. The van der Waals surface area contributed by atoms with Crippen LogP contribution >= 0.6 is 11.8 Å². The van der Waals surface area contributed by atoms with Crippen LogP contribution in [0.2, 0.25) is 0 Å². The first-order valence-corrected chi connectivity index (χ1v) is 6.46. The first-order chi connectivity index (χ1) is 9.17. The quantitative estimate of drug-likeness (QED) is 0.563. The Morgan fingerprint density at radius 1 is 1.42 bits per heavy atom. The topological polar surface area (TPSA) is 88.9 Å². The van der Waals surface area contributed by atoms with Crippen molar-refractivity contribution in [2.75, 3.05) is 12.3 Å². The number of rotatable bonds is 7. The molecule has 0 bridgehead atoms. The van der Waals surface area contributed by atoms with Crippen LogP contribution < -0.4 is 10.6 Å². The van der Waals surface area contributed by atoms with Crippen molar-refractivity contribution in [3.8, 4) is 0 Å². The largest absolute Gasteiger partial charge is 0.334 e. The number of nitrogens with zero attached hydrogens (tertiary/aromatic N) is 3. The molecule has 0 radical (unpaired) electrons. The lowest BCUT2D eigenvalue weighted by molar-refractivity contribution is -0.117. The van der Waals surface area contributed by atoms with Crippen LogP contribution in [-0.4, -0.2) is 39.0 Å². The van der Waals surface area contributed by atoms with E-state index in [-0.39, 0.29) is 5.75 Å². The van der Waals surface area contributed by atoms with E-state index in [0.29, 0.717) is 18.2 Å². The van der Waals surface area contributed by atoms with Gasteiger partial charge in [-0.15, -0.1) is 23.4 Å². The van der Waals surface area contributed by atoms with Crippen LogP contribution in [0.3, 0.4) is 0 Å². The van der Waals surface area contributed by atoms with Crippen molar-refractivity contribution in [1.82, 2.24) is 25.4 Å². The van der Waals surface area contributed by atoms with Gasteiger partial charge < -0.3 is 9.88 Å². The Hall–Kier alpha value is -2.09. The standard InChI is InChI=1S/C11H15N5O2S/c1-3-5-12-10(18)14-9(17)7-19-11-15-13-8-16(11)6-4-2/h3-4,8H,1-2,5-7H2,(H2,12,14,17,18). The number of hydrogen-bond acceptors (Lipinski definition) is 5. The maximum atomic E-state index is 11.5. The van der Waals surface area contributed by atoms with E-state index >= 15 is 0 Å². The van der Waals surface area contributed by atoms with Crippen molar-refractivity contribution in [2.24, 2.45) is 0 Å². The van der Waals surface area contributed by atoms with Crippen molar-refractivity contribution in [3.05, 3.63) is 31.6 Å². The minimum atomic E-state index is -0.543. The highest BCUT2D eigenvalue weighted by Crippen LogP contribution is 2.13. The third-order valence-corrected chi connectivity index (χ3v) is 2.88. The van der Waals surface area contributed by atoms with E-state index in [9.17, 15) is 9.59 Å². The number of carbonyl (C=O) groups is 2. The maximum absolute atomic E-state index is 11.5. The molecule has 1 aromatic rings. The Balaban J connectivity index is 2.37. The lowest BCUT2D eigenvalue weighted by Crippen LogP contribution is -2.40. The van der Waals surface area contributed by atoms with E-state index in [2.05, 4.69) is 34.0 Å². The summed E-state index contributed by atoms with van der Waals surface area (Å²) in [4.78, 5) is 22.7. The molecule has 0 aromatic carbocycles. The fourth-order valence-electron chi connectivity index (χ4n) is 1.12. The summed E-state index contributed by atoms with van der Waals surface area (Å²) in [6.07, 6.45) is 4.78. The average Bonchev–Trinajstić information content (AvgIpc) is 2.82. The zero-order valence-corrected chi connectivity index (χ0v) is 11.2. The van der Waals surface area contributed by atoms with Crippen LogP contribution in [-0.2, 0) is 11.3 Å². The predicted octanol–water partition coefficient (Wildman–Crippen LogP) is 0.568. The number of carbonyl (C=O) groups excluding carboxylic acids is 2. The van der Waals surface area contributed by atoms with Crippen LogP contribution in [0.5, 0.6) is 0 Å². The highest BCUT2D eigenvalue weighted by Gasteiger charge is 2.10. The van der Waals surface area contributed by atoms with Gasteiger partial charge in [-0.2, -0.15) is 0 Å². The molecule has 8 heteroatoms. The van der Waals surface area contributed by atoms with Gasteiger partial charge in [0.2, 0.25) is 5.91 Å². The van der Waals surface area contributed by atoms with Gasteiger partial charge in [0.15, 0.2) is 5.16 Å². The monoisotopic (exact) mass is 281 g/mol. The van der Waals surface area contributed by atoms with E-state index in [4.69, 9.17) is 0 Å². The smallest absolute Gasteiger partial charge is 0.321 e. The number of thioether (sulfide) groups is 1. The molecule has 0 unspecified atom stereocenters. The molecule has 3 amide bonds. The summed E-state index contributed by atoms with van der Waals surface area (Å²) >= 11 is 1.20. The van der Waals surface area contributed by atoms with Gasteiger partial charge in [-0.1, -0.05) is 23.9 Å². The Morgan fingerprint density at radius 3 is 2.89 bits per heavy atom. The first-order valence-electron chi connectivity index (χ1n) is 5.47. The zero-order valence-electron chi connectivity index (χ0n) is 10.3. The predicted molar refractivity (Wildman–Crippen MR) is 72.7 cm³/mol. The Labute approximate surface area is 115 Å². The molecule has 0 saturated carbocycles. The van der Waals surface area contributed by atoms with Crippen molar-refractivity contribution in [2.45, 2.75) is 11.7 Å². The van der Waals surface area contributed by atoms with E-state index < -0.39 is 11.9 Å². The molecule has 2 N–H and O–H groups in total. The van der Waals surface area contributed by atoms with Gasteiger partial charge in [0, 0.05) is 13.1 Å². The van der Waals surface area contributed by atoms with Crippen molar-refractivity contribution >= 4 is 23.7 Å². The highest BCUT2D eigenvalue weighted by molar-refractivity contribution is 7.99. The second-order valence-corrected chi connectivity index (χ2v) is 4.33. The SMILES string of the molecule is C=CCNC(=O)NC(=O)CSc1nncn1CC=C. The molecule has 1 aromatic heterocycles. The normalized spacial score (nSPS) is 9.68. The maximum Gasteiger partial charge on any atom is 0.321 e. The summed E-state index contributed by atoms with van der Waals surface area (Å²) in [6, 6.07) is -0.543. The number of allylic oxidation sites excluding steroid dienone is 1. The molecule has 102 valence electrons. The van der Waals surface area contributed by atoms with E-state index in [1.165, 1.54) is 17.8 Å². The Bertz CT molecular complexity index is 471. The third-order valence-electron chi connectivity index (χ3n) is 1.90. The summed E-state index contributed by atoms with van der Waals surface area (Å²) in [5, 5.41) is 12.8.